The molecule has 1 aromatic carbocycles. The number of benzene rings is 1. The van der Waals surface area contributed by atoms with E-state index in [1.54, 1.807) is 0 Å². The summed E-state index contributed by atoms with van der Waals surface area (Å²) in [6, 6.07) is 7.28. The summed E-state index contributed by atoms with van der Waals surface area (Å²) >= 11 is 0. The van der Waals surface area contributed by atoms with Crippen LogP contribution >= 0.6 is 0 Å². The number of aromatic nitrogens is 1. The minimum atomic E-state index is -3.86. The Labute approximate surface area is 159 Å². The first-order valence-electron chi connectivity index (χ1n) is 8.85. The van der Waals surface area contributed by atoms with Gasteiger partial charge in [0.1, 0.15) is 10.7 Å². The third kappa shape index (κ3) is 3.83. The highest BCUT2D eigenvalue weighted by Gasteiger charge is 2.31. The molecule has 0 unspecified atom stereocenters. The van der Waals surface area contributed by atoms with Gasteiger partial charge in [-0.25, -0.2) is 12.8 Å². The summed E-state index contributed by atoms with van der Waals surface area (Å²) in [5.41, 5.74) is 2.66. The molecule has 1 fully saturated rings. The van der Waals surface area contributed by atoms with Crippen molar-refractivity contribution in [3.63, 3.8) is 0 Å². The fourth-order valence-corrected chi connectivity index (χ4v) is 4.83. The van der Waals surface area contributed by atoms with E-state index < -0.39 is 15.8 Å². The summed E-state index contributed by atoms with van der Waals surface area (Å²) in [4.78, 5) is 14.2. The zero-order chi connectivity index (χ0) is 19.8. The van der Waals surface area contributed by atoms with Crippen LogP contribution in [0.1, 0.15) is 21.7 Å². The maximum atomic E-state index is 13.9. The molecular weight excluding hydrogens is 369 g/mol. The van der Waals surface area contributed by atoms with Crippen molar-refractivity contribution in [1.82, 2.24) is 13.8 Å². The number of ketones is 1. The molecule has 1 saturated heterocycles. The molecule has 0 amide bonds. The fourth-order valence-electron chi connectivity index (χ4n) is 3.35. The molecule has 6 nitrogen and oxygen atoms in total. The molecule has 0 atom stereocenters. The Morgan fingerprint density at radius 3 is 2.30 bits per heavy atom. The maximum absolute atomic E-state index is 13.9. The standard InChI is InChI=1S/C19H24FN3O3S/c1-14-12-16(15(2)21(14)3)18(24)13-22-8-10-23(11-9-22)27(25,26)19-7-5-4-6-17(19)20/h4-7,12H,8-11,13H2,1-3H3. The van der Waals surface area contributed by atoms with Crippen molar-refractivity contribution >= 4 is 15.8 Å². The second-order valence-corrected chi connectivity index (χ2v) is 8.78. The smallest absolute Gasteiger partial charge is 0.246 e. The van der Waals surface area contributed by atoms with Gasteiger partial charge in [-0.05, 0) is 32.0 Å². The Hall–Kier alpha value is -2.03. The van der Waals surface area contributed by atoms with Crippen LogP contribution in [-0.4, -0.2) is 60.7 Å². The van der Waals surface area contributed by atoms with Crippen LogP contribution in [0.15, 0.2) is 35.2 Å². The molecule has 146 valence electrons. The van der Waals surface area contributed by atoms with Gasteiger partial charge in [0, 0.05) is 50.2 Å². The van der Waals surface area contributed by atoms with Crippen molar-refractivity contribution in [1.29, 1.82) is 0 Å². The molecule has 2 aromatic rings. The molecule has 8 heteroatoms. The lowest BCUT2D eigenvalue weighted by Crippen LogP contribution is -2.49. The minimum absolute atomic E-state index is 0.0293. The topological polar surface area (TPSA) is 62.6 Å². The zero-order valence-electron chi connectivity index (χ0n) is 15.8. The molecule has 1 aromatic heterocycles. The summed E-state index contributed by atoms with van der Waals surface area (Å²) < 4.78 is 42.4. The fraction of sp³-hybridized carbons (Fsp3) is 0.421. The number of piperazine rings is 1. The van der Waals surface area contributed by atoms with Crippen molar-refractivity contribution in [2.75, 3.05) is 32.7 Å². The minimum Gasteiger partial charge on any atom is -0.351 e. The molecule has 0 saturated carbocycles. The summed E-state index contributed by atoms with van der Waals surface area (Å²) in [6.07, 6.45) is 0. The zero-order valence-corrected chi connectivity index (χ0v) is 16.6. The van der Waals surface area contributed by atoms with Gasteiger partial charge in [-0.15, -0.1) is 0 Å². The highest BCUT2D eigenvalue weighted by molar-refractivity contribution is 7.89. The number of sulfonamides is 1. The second kappa shape index (κ2) is 7.53. The van der Waals surface area contributed by atoms with E-state index in [9.17, 15) is 17.6 Å². The quantitative estimate of drug-likeness (QED) is 0.729. The molecule has 0 radical (unpaired) electrons. The molecule has 27 heavy (non-hydrogen) atoms. The van der Waals surface area contributed by atoms with Crippen LogP contribution in [0.4, 0.5) is 4.39 Å². The SMILES string of the molecule is Cc1cc(C(=O)CN2CCN(S(=O)(=O)c3ccccc3F)CC2)c(C)n1C. The highest BCUT2D eigenvalue weighted by Crippen LogP contribution is 2.21. The van der Waals surface area contributed by atoms with Crippen molar-refractivity contribution in [2.24, 2.45) is 7.05 Å². The van der Waals surface area contributed by atoms with E-state index in [1.807, 2.05) is 36.4 Å². The third-order valence-corrected chi connectivity index (χ3v) is 7.16. The summed E-state index contributed by atoms with van der Waals surface area (Å²) in [5.74, 6) is -0.716. The molecule has 0 bridgehead atoms. The lowest BCUT2D eigenvalue weighted by Gasteiger charge is -2.33. The van der Waals surface area contributed by atoms with Crippen molar-refractivity contribution < 1.29 is 17.6 Å². The first-order valence-corrected chi connectivity index (χ1v) is 10.3. The Morgan fingerprint density at radius 2 is 1.74 bits per heavy atom. The summed E-state index contributed by atoms with van der Waals surface area (Å²) in [7, 11) is -1.94. The van der Waals surface area contributed by atoms with Crippen molar-refractivity contribution in [3.05, 3.63) is 53.1 Å². The van der Waals surface area contributed by atoms with Gasteiger partial charge >= 0.3 is 0 Å². The Morgan fingerprint density at radius 1 is 1.11 bits per heavy atom. The predicted octanol–water partition coefficient (Wildman–Crippen LogP) is 1.97. The molecule has 1 aliphatic rings. The van der Waals surface area contributed by atoms with Gasteiger partial charge in [0.15, 0.2) is 5.78 Å². The molecule has 3 rings (SSSR count). The summed E-state index contributed by atoms with van der Waals surface area (Å²) in [6.45, 7) is 5.45. The number of aryl methyl sites for hydroxylation is 1. The van der Waals surface area contributed by atoms with Gasteiger partial charge in [0.2, 0.25) is 10.0 Å². The predicted molar refractivity (Wildman–Crippen MR) is 101 cm³/mol. The van der Waals surface area contributed by atoms with E-state index in [2.05, 4.69) is 0 Å². The molecule has 0 aliphatic carbocycles. The van der Waals surface area contributed by atoms with E-state index in [1.165, 1.54) is 22.5 Å². The van der Waals surface area contributed by atoms with Gasteiger partial charge < -0.3 is 4.57 Å². The van der Waals surface area contributed by atoms with Crippen LogP contribution in [0.5, 0.6) is 0 Å². The van der Waals surface area contributed by atoms with Crippen LogP contribution in [0.2, 0.25) is 0 Å². The lowest BCUT2D eigenvalue weighted by atomic mass is 10.1. The van der Waals surface area contributed by atoms with Gasteiger partial charge in [-0.2, -0.15) is 4.31 Å². The van der Waals surface area contributed by atoms with Crippen LogP contribution in [0, 0.1) is 19.7 Å². The van der Waals surface area contributed by atoms with Gasteiger partial charge in [0.05, 0.1) is 6.54 Å². The average Bonchev–Trinajstić information content (AvgIpc) is 2.90. The summed E-state index contributed by atoms with van der Waals surface area (Å²) in [5, 5.41) is 0. The Balaban J connectivity index is 1.64. The van der Waals surface area contributed by atoms with Crippen molar-refractivity contribution in [3.8, 4) is 0 Å². The number of Topliss-reactive ketones (excluding diaryl/α,β-unsaturated/α-hetero) is 1. The number of halogens is 1. The first-order chi connectivity index (χ1) is 12.7. The second-order valence-electron chi connectivity index (χ2n) is 6.88. The molecule has 2 heterocycles. The number of rotatable bonds is 5. The van der Waals surface area contributed by atoms with Crippen molar-refractivity contribution in [2.45, 2.75) is 18.7 Å². The molecule has 0 spiro atoms. The number of hydrogen-bond acceptors (Lipinski definition) is 4. The number of carbonyl (C=O) groups excluding carboxylic acids is 1. The Kier molecular flexibility index (Phi) is 5.50. The normalized spacial score (nSPS) is 16.6. The van der Waals surface area contributed by atoms with E-state index in [0.29, 0.717) is 18.7 Å². The van der Waals surface area contributed by atoms with Crippen LogP contribution in [-0.2, 0) is 17.1 Å². The van der Waals surface area contributed by atoms with Crippen LogP contribution < -0.4 is 0 Å². The van der Waals surface area contributed by atoms with E-state index in [0.717, 1.165) is 17.5 Å². The Bertz CT molecular complexity index is 961. The highest BCUT2D eigenvalue weighted by atomic mass is 32.2. The number of nitrogens with zero attached hydrogens (tertiary/aromatic N) is 3. The van der Waals surface area contributed by atoms with Crippen LogP contribution in [0.3, 0.4) is 0 Å². The van der Waals surface area contributed by atoms with E-state index >= 15 is 0 Å². The largest absolute Gasteiger partial charge is 0.351 e. The van der Waals surface area contributed by atoms with Gasteiger partial charge in [-0.3, -0.25) is 9.69 Å². The molecular formula is C19H24FN3O3S. The lowest BCUT2D eigenvalue weighted by molar-refractivity contribution is 0.0901. The number of carbonyl (C=O) groups is 1. The molecule has 1 aliphatic heterocycles. The third-order valence-electron chi connectivity index (χ3n) is 5.23. The monoisotopic (exact) mass is 393 g/mol. The van der Waals surface area contributed by atoms with E-state index in [4.69, 9.17) is 0 Å². The molecule has 0 N–H and O–H groups in total. The first kappa shape index (κ1) is 19.7. The number of hydrogen-bond donors (Lipinski definition) is 0. The average molecular weight is 393 g/mol. The van der Waals surface area contributed by atoms with Gasteiger partial charge in [-0.1, -0.05) is 12.1 Å². The van der Waals surface area contributed by atoms with Gasteiger partial charge in [0.25, 0.3) is 0 Å². The van der Waals surface area contributed by atoms with E-state index in [-0.39, 0.29) is 30.3 Å². The maximum Gasteiger partial charge on any atom is 0.246 e. The van der Waals surface area contributed by atoms with Crippen LogP contribution in [0.25, 0.3) is 0 Å².